The lowest BCUT2D eigenvalue weighted by Gasteiger charge is -2.14. The molecule has 2 aliphatic heterocycles. The highest BCUT2D eigenvalue weighted by molar-refractivity contribution is 8.18. The number of halogens is 1. The molecular formula is C21H17ClN2O7S. The SMILES string of the molecule is COc1cc(/C=C2\SC(=O)N(Cc3cc4c(cc3Cl)OCO4)C2=O)ccc1OCC(N)=O. The highest BCUT2D eigenvalue weighted by Gasteiger charge is 2.35. The number of hydrogen-bond acceptors (Lipinski definition) is 8. The van der Waals surface area contributed by atoms with Gasteiger partial charge in [-0.2, -0.15) is 0 Å². The predicted octanol–water partition coefficient (Wildman–Crippen LogP) is 3.18. The number of nitrogens with two attached hydrogens (primary N) is 1. The van der Waals surface area contributed by atoms with Gasteiger partial charge in [-0.15, -0.1) is 0 Å². The van der Waals surface area contributed by atoms with Gasteiger partial charge in [-0.3, -0.25) is 19.3 Å². The Bertz CT molecular complexity index is 1150. The molecule has 0 aliphatic carbocycles. The third kappa shape index (κ3) is 4.46. The fourth-order valence-electron chi connectivity index (χ4n) is 3.08. The number of thioether (sulfide) groups is 1. The summed E-state index contributed by atoms with van der Waals surface area (Å²) in [5, 5.41) is -0.0445. The second-order valence-corrected chi connectivity index (χ2v) is 8.13. The quantitative estimate of drug-likeness (QED) is 0.605. The zero-order valence-corrected chi connectivity index (χ0v) is 18.3. The Balaban J connectivity index is 1.53. The van der Waals surface area contributed by atoms with Crippen molar-refractivity contribution >= 4 is 46.5 Å². The van der Waals surface area contributed by atoms with E-state index < -0.39 is 17.1 Å². The monoisotopic (exact) mass is 476 g/mol. The van der Waals surface area contributed by atoms with Gasteiger partial charge < -0.3 is 24.7 Å². The normalized spacial score (nSPS) is 16.1. The molecule has 2 aliphatic rings. The van der Waals surface area contributed by atoms with Crippen LogP contribution < -0.4 is 24.7 Å². The molecule has 0 atom stereocenters. The Morgan fingerprint density at radius 2 is 1.97 bits per heavy atom. The van der Waals surface area contributed by atoms with Crippen LogP contribution in [0.4, 0.5) is 4.79 Å². The number of carbonyl (C=O) groups is 3. The van der Waals surface area contributed by atoms with Crippen LogP contribution >= 0.6 is 23.4 Å². The third-order valence-electron chi connectivity index (χ3n) is 4.60. The number of hydrogen-bond donors (Lipinski definition) is 1. The lowest BCUT2D eigenvalue weighted by atomic mass is 10.1. The number of methoxy groups -OCH3 is 1. The number of nitrogens with zero attached hydrogens (tertiary/aromatic N) is 1. The van der Waals surface area contributed by atoms with E-state index in [4.69, 9.17) is 36.3 Å². The predicted molar refractivity (Wildman–Crippen MR) is 117 cm³/mol. The van der Waals surface area contributed by atoms with E-state index in [1.807, 2.05) is 0 Å². The van der Waals surface area contributed by atoms with Crippen molar-refractivity contribution in [3.05, 3.63) is 51.4 Å². The van der Waals surface area contributed by atoms with Gasteiger partial charge in [-0.05, 0) is 47.2 Å². The Kier molecular flexibility index (Phi) is 6.15. The number of benzene rings is 2. The highest BCUT2D eigenvalue weighted by Crippen LogP contribution is 2.39. The molecule has 4 rings (SSSR count). The van der Waals surface area contributed by atoms with Gasteiger partial charge in [-0.1, -0.05) is 17.7 Å². The second-order valence-electron chi connectivity index (χ2n) is 6.73. The van der Waals surface area contributed by atoms with Gasteiger partial charge in [0.25, 0.3) is 17.1 Å². The van der Waals surface area contributed by atoms with Gasteiger partial charge in [0.2, 0.25) is 6.79 Å². The smallest absolute Gasteiger partial charge is 0.293 e. The van der Waals surface area contributed by atoms with Crippen LogP contribution in [0.1, 0.15) is 11.1 Å². The fourth-order valence-corrected chi connectivity index (χ4v) is 4.13. The van der Waals surface area contributed by atoms with Crippen molar-refractivity contribution in [2.75, 3.05) is 20.5 Å². The van der Waals surface area contributed by atoms with Gasteiger partial charge >= 0.3 is 0 Å². The van der Waals surface area contributed by atoms with Crippen LogP contribution in [0.15, 0.2) is 35.2 Å². The van der Waals surface area contributed by atoms with E-state index >= 15 is 0 Å². The van der Waals surface area contributed by atoms with Crippen molar-refractivity contribution < 1.29 is 33.3 Å². The maximum Gasteiger partial charge on any atom is 0.293 e. The summed E-state index contributed by atoms with van der Waals surface area (Å²) in [6, 6.07) is 8.14. The molecule has 1 saturated heterocycles. The Hall–Kier alpha value is -3.37. The zero-order valence-electron chi connectivity index (χ0n) is 16.8. The summed E-state index contributed by atoms with van der Waals surface area (Å²) in [6.07, 6.45) is 1.58. The van der Waals surface area contributed by atoms with Gasteiger partial charge in [-0.25, -0.2) is 0 Å². The number of fused-ring (bicyclic) bond motifs is 1. The molecule has 0 radical (unpaired) electrons. The molecule has 11 heteroatoms. The number of rotatable bonds is 7. The molecule has 166 valence electrons. The van der Waals surface area contributed by atoms with Crippen molar-refractivity contribution in [3.8, 4) is 23.0 Å². The molecule has 1 fully saturated rings. The van der Waals surface area contributed by atoms with Gasteiger partial charge in [0.15, 0.2) is 29.6 Å². The summed E-state index contributed by atoms with van der Waals surface area (Å²) >= 11 is 7.11. The molecule has 0 bridgehead atoms. The average molecular weight is 477 g/mol. The maximum absolute atomic E-state index is 12.9. The second kappa shape index (κ2) is 9.01. The first-order chi connectivity index (χ1) is 15.4. The number of primary amides is 1. The minimum Gasteiger partial charge on any atom is -0.493 e. The number of amides is 3. The molecule has 2 aromatic carbocycles. The first kappa shape index (κ1) is 21.8. The van der Waals surface area contributed by atoms with Crippen LogP contribution in [0.5, 0.6) is 23.0 Å². The van der Waals surface area contributed by atoms with Crippen LogP contribution in [-0.2, 0) is 16.1 Å². The first-order valence-corrected chi connectivity index (χ1v) is 10.5. The largest absolute Gasteiger partial charge is 0.493 e. The van der Waals surface area contributed by atoms with Crippen LogP contribution in [0.25, 0.3) is 6.08 Å². The van der Waals surface area contributed by atoms with E-state index in [9.17, 15) is 14.4 Å². The Morgan fingerprint density at radius 1 is 1.22 bits per heavy atom. The fraction of sp³-hybridized carbons (Fsp3) is 0.190. The summed E-state index contributed by atoms with van der Waals surface area (Å²) in [4.78, 5) is 37.7. The number of imide groups is 1. The van der Waals surface area contributed by atoms with Crippen molar-refractivity contribution in [2.24, 2.45) is 5.73 Å². The molecule has 0 spiro atoms. The van der Waals surface area contributed by atoms with Crippen LogP contribution in [0.2, 0.25) is 5.02 Å². The van der Waals surface area contributed by atoms with Crippen LogP contribution in [-0.4, -0.2) is 42.5 Å². The molecule has 2 aromatic rings. The lowest BCUT2D eigenvalue weighted by molar-refractivity contribution is -0.123. The van der Waals surface area contributed by atoms with Gasteiger partial charge in [0, 0.05) is 11.1 Å². The summed E-state index contributed by atoms with van der Waals surface area (Å²) in [5.41, 5.74) is 6.27. The lowest BCUT2D eigenvalue weighted by Crippen LogP contribution is -2.27. The van der Waals surface area contributed by atoms with Crippen LogP contribution in [0.3, 0.4) is 0 Å². The molecule has 0 unspecified atom stereocenters. The van der Waals surface area contributed by atoms with Crippen molar-refractivity contribution in [2.45, 2.75) is 6.54 Å². The van der Waals surface area contributed by atoms with E-state index in [1.165, 1.54) is 7.11 Å². The van der Waals surface area contributed by atoms with E-state index in [2.05, 4.69) is 0 Å². The Labute approximate surface area is 192 Å². The zero-order chi connectivity index (χ0) is 22.8. The average Bonchev–Trinajstić information content (AvgIpc) is 3.31. The van der Waals surface area contributed by atoms with Gasteiger partial charge in [0.05, 0.1) is 18.6 Å². The minimum atomic E-state index is -0.618. The molecule has 9 nitrogen and oxygen atoms in total. The van der Waals surface area contributed by atoms with E-state index in [-0.39, 0.29) is 24.8 Å². The summed E-state index contributed by atoms with van der Waals surface area (Å²) < 4.78 is 21.2. The molecule has 3 amide bonds. The summed E-state index contributed by atoms with van der Waals surface area (Å²) in [6.45, 7) is -0.201. The molecule has 32 heavy (non-hydrogen) atoms. The standard InChI is InChI=1S/C21H17ClN2O7S/c1-28-15-4-11(2-3-14(15)29-9-19(23)25)5-18-20(26)24(21(27)32-18)8-12-6-16-17(7-13(12)22)31-10-30-16/h2-7H,8-10H2,1H3,(H2,23,25)/b18-5-. The number of ether oxygens (including phenoxy) is 4. The van der Waals surface area contributed by atoms with Crippen molar-refractivity contribution in [1.29, 1.82) is 0 Å². The van der Waals surface area contributed by atoms with Gasteiger partial charge in [0.1, 0.15) is 0 Å². The maximum atomic E-state index is 12.9. The van der Waals surface area contributed by atoms with E-state index in [1.54, 1.807) is 36.4 Å². The third-order valence-corrected chi connectivity index (χ3v) is 5.86. The molecule has 2 N–H and O–H groups in total. The molecule has 0 saturated carbocycles. The summed E-state index contributed by atoms with van der Waals surface area (Å²) in [5.74, 6) is 0.650. The highest BCUT2D eigenvalue weighted by atomic mass is 35.5. The van der Waals surface area contributed by atoms with Crippen molar-refractivity contribution in [3.63, 3.8) is 0 Å². The summed E-state index contributed by atoms with van der Waals surface area (Å²) in [7, 11) is 1.44. The first-order valence-electron chi connectivity index (χ1n) is 9.28. The molecular weight excluding hydrogens is 460 g/mol. The topological polar surface area (TPSA) is 117 Å². The van der Waals surface area contributed by atoms with E-state index in [0.717, 1.165) is 16.7 Å². The van der Waals surface area contributed by atoms with E-state index in [0.29, 0.717) is 39.1 Å². The minimum absolute atomic E-state index is 0.000691. The van der Waals surface area contributed by atoms with Crippen molar-refractivity contribution in [1.82, 2.24) is 4.90 Å². The molecule has 0 aromatic heterocycles. The Morgan fingerprint density at radius 3 is 2.69 bits per heavy atom. The molecule has 2 heterocycles. The van der Waals surface area contributed by atoms with Crippen LogP contribution in [0, 0.1) is 0 Å². The number of carbonyl (C=O) groups excluding carboxylic acids is 3.